The van der Waals surface area contributed by atoms with E-state index in [-0.39, 0.29) is 0 Å². The summed E-state index contributed by atoms with van der Waals surface area (Å²) in [5.74, 6) is 0.338. The second kappa shape index (κ2) is 18.3. The number of rotatable bonds is 15. The Hall–Kier alpha value is -4.88. The Morgan fingerprint density at radius 2 is 1.77 bits per heavy atom. The summed E-state index contributed by atoms with van der Waals surface area (Å²) in [5, 5.41) is 0. The van der Waals surface area contributed by atoms with Crippen LogP contribution in [0.15, 0.2) is 164 Å². The van der Waals surface area contributed by atoms with E-state index in [2.05, 4.69) is 179 Å². The Morgan fingerprint density at radius 3 is 2.51 bits per heavy atom. The molecule has 1 aliphatic rings. The minimum atomic E-state index is 0.338. The maximum atomic E-state index is 4.19. The Labute approximate surface area is 284 Å². The third kappa shape index (κ3) is 9.80. The number of hydrogen-bond donors (Lipinski definition) is 0. The molecule has 0 aliphatic heterocycles. The molecule has 1 atom stereocenters. The number of anilines is 1. The van der Waals surface area contributed by atoms with Crippen LogP contribution in [0.1, 0.15) is 80.7 Å². The molecule has 3 aromatic rings. The predicted molar refractivity (Wildman–Crippen MR) is 209 cm³/mol. The molecule has 0 bridgehead atoms. The van der Waals surface area contributed by atoms with E-state index in [4.69, 9.17) is 0 Å². The number of hydrogen-bond acceptors (Lipinski definition) is 1. The molecule has 240 valence electrons. The fourth-order valence-electron chi connectivity index (χ4n) is 6.12. The van der Waals surface area contributed by atoms with Gasteiger partial charge in [0.15, 0.2) is 0 Å². The van der Waals surface area contributed by atoms with Crippen molar-refractivity contribution in [1.29, 1.82) is 0 Å². The van der Waals surface area contributed by atoms with Crippen molar-refractivity contribution in [2.75, 3.05) is 11.4 Å². The van der Waals surface area contributed by atoms with Gasteiger partial charge in [0.05, 0.1) is 0 Å². The fourth-order valence-corrected chi connectivity index (χ4v) is 6.12. The number of allylic oxidation sites excluding steroid dienone is 13. The molecule has 0 amide bonds. The van der Waals surface area contributed by atoms with E-state index in [1.54, 1.807) is 0 Å². The highest BCUT2D eigenvalue weighted by Crippen LogP contribution is 2.30. The Kier molecular flexibility index (Phi) is 13.6. The van der Waals surface area contributed by atoms with Crippen LogP contribution in [0, 0.1) is 0 Å². The van der Waals surface area contributed by atoms with E-state index in [9.17, 15) is 0 Å². The Morgan fingerprint density at radius 1 is 0.979 bits per heavy atom. The molecule has 0 heterocycles. The molecule has 0 saturated heterocycles. The Balaban J connectivity index is 1.55. The van der Waals surface area contributed by atoms with E-state index in [0.29, 0.717) is 5.92 Å². The lowest BCUT2D eigenvalue weighted by molar-refractivity contribution is 0.944. The van der Waals surface area contributed by atoms with Crippen molar-refractivity contribution in [2.24, 2.45) is 0 Å². The summed E-state index contributed by atoms with van der Waals surface area (Å²) >= 11 is 0. The van der Waals surface area contributed by atoms with Crippen LogP contribution in [0.25, 0.3) is 17.7 Å². The van der Waals surface area contributed by atoms with Crippen molar-refractivity contribution in [1.82, 2.24) is 0 Å². The van der Waals surface area contributed by atoms with Gasteiger partial charge in [0.2, 0.25) is 0 Å². The molecule has 0 fully saturated rings. The molecule has 3 aromatic carbocycles. The Bertz CT molecular complexity index is 1720. The van der Waals surface area contributed by atoms with Gasteiger partial charge in [0, 0.05) is 17.9 Å². The number of fused-ring (bicyclic) bond motifs is 1. The molecular weight excluding hydrogens is 567 g/mol. The smallest absolute Gasteiger partial charge is 0.0411 e. The van der Waals surface area contributed by atoms with Crippen molar-refractivity contribution in [3.8, 4) is 0 Å². The second-order valence-corrected chi connectivity index (χ2v) is 12.0. The standard InChI is InChI=1S/C46H51N/c1-7-20-38(34-43(21-8-2)45(10-4)46-30-17-16-25-39(46)9-3)24-19-33-47(44-28-12-11-13-29-44)37(6)23-18-22-36(5)41-32-31-40-26-14-15-27-42(40)35-41/h8-13,15-25,27-32,35-36H,3-4,7,14,26,33-34H2,1-2,5-6H3/b21-8-,22-18-,24-19-,37-23+,38-20+,45-43-. The maximum absolute atomic E-state index is 4.19. The van der Waals surface area contributed by atoms with Gasteiger partial charge >= 0.3 is 0 Å². The van der Waals surface area contributed by atoms with Crippen molar-refractivity contribution in [2.45, 2.75) is 59.3 Å². The molecule has 0 spiro atoms. The molecule has 47 heavy (non-hydrogen) atoms. The van der Waals surface area contributed by atoms with Crippen LogP contribution in [-0.2, 0) is 6.42 Å². The number of nitrogens with zero attached hydrogens (tertiary/aromatic N) is 1. The average Bonchev–Trinajstić information content (AvgIpc) is 3.10. The van der Waals surface area contributed by atoms with Gasteiger partial charge in [-0.1, -0.05) is 155 Å². The van der Waals surface area contributed by atoms with E-state index < -0.39 is 0 Å². The summed E-state index contributed by atoms with van der Waals surface area (Å²) < 4.78 is 0. The topological polar surface area (TPSA) is 3.24 Å². The van der Waals surface area contributed by atoms with Crippen LogP contribution in [0.3, 0.4) is 0 Å². The maximum Gasteiger partial charge on any atom is 0.0411 e. The quantitative estimate of drug-likeness (QED) is 0.153. The average molecular weight is 618 g/mol. The van der Waals surface area contributed by atoms with Gasteiger partial charge in [0.1, 0.15) is 0 Å². The van der Waals surface area contributed by atoms with Crippen LogP contribution in [-0.4, -0.2) is 6.54 Å². The minimum Gasteiger partial charge on any atom is -0.342 e. The molecular formula is C46H51N. The van der Waals surface area contributed by atoms with E-state index in [0.717, 1.165) is 48.9 Å². The first-order valence-electron chi connectivity index (χ1n) is 17.0. The van der Waals surface area contributed by atoms with E-state index in [1.807, 2.05) is 12.2 Å². The second-order valence-electron chi connectivity index (χ2n) is 12.0. The monoisotopic (exact) mass is 617 g/mol. The van der Waals surface area contributed by atoms with Crippen LogP contribution in [0.2, 0.25) is 0 Å². The van der Waals surface area contributed by atoms with Crippen molar-refractivity contribution >= 4 is 23.4 Å². The first kappa shape index (κ1) is 35.0. The molecule has 1 aliphatic carbocycles. The summed E-state index contributed by atoms with van der Waals surface area (Å²) in [6, 6.07) is 26.0. The summed E-state index contributed by atoms with van der Waals surface area (Å²) in [6.07, 6.45) is 30.5. The van der Waals surface area contributed by atoms with Crippen molar-refractivity contribution < 1.29 is 0 Å². The predicted octanol–water partition coefficient (Wildman–Crippen LogP) is 12.9. The van der Waals surface area contributed by atoms with E-state index in [1.165, 1.54) is 39.2 Å². The SMILES string of the molecule is C=C/C(=C(\C=C/C)CC(/C=C\CN(/C(C)=C/C=C\C(C)c1ccc2c(c1)C=CCC2)c1ccccc1)=C/CC)c1ccccc1C=C. The lowest BCUT2D eigenvalue weighted by Crippen LogP contribution is -2.20. The molecule has 1 heteroatoms. The van der Waals surface area contributed by atoms with Crippen LogP contribution in [0.5, 0.6) is 0 Å². The van der Waals surface area contributed by atoms with Crippen LogP contribution in [0.4, 0.5) is 5.69 Å². The summed E-state index contributed by atoms with van der Waals surface area (Å²) in [7, 11) is 0. The minimum absolute atomic E-state index is 0.338. The largest absolute Gasteiger partial charge is 0.342 e. The summed E-state index contributed by atoms with van der Waals surface area (Å²) in [6.45, 7) is 17.7. The molecule has 1 unspecified atom stereocenters. The third-order valence-electron chi connectivity index (χ3n) is 8.67. The van der Waals surface area contributed by atoms with Gasteiger partial charge in [-0.3, -0.25) is 0 Å². The zero-order chi connectivity index (χ0) is 33.4. The number of para-hydroxylation sites is 1. The first-order valence-corrected chi connectivity index (χ1v) is 17.0. The van der Waals surface area contributed by atoms with Gasteiger partial charge in [-0.05, 0) is 108 Å². The first-order chi connectivity index (χ1) is 23.0. The summed E-state index contributed by atoms with van der Waals surface area (Å²) in [5.41, 5.74) is 12.5. The van der Waals surface area contributed by atoms with Gasteiger partial charge in [-0.15, -0.1) is 0 Å². The lowest BCUT2D eigenvalue weighted by Gasteiger charge is -2.24. The van der Waals surface area contributed by atoms with E-state index >= 15 is 0 Å². The van der Waals surface area contributed by atoms with Gasteiger partial charge in [0.25, 0.3) is 0 Å². The number of benzene rings is 3. The highest BCUT2D eigenvalue weighted by atomic mass is 15.1. The highest BCUT2D eigenvalue weighted by Gasteiger charge is 2.11. The van der Waals surface area contributed by atoms with Gasteiger partial charge in [-0.25, -0.2) is 0 Å². The van der Waals surface area contributed by atoms with Crippen molar-refractivity contribution in [3.63, 3.8) is 0 Å². The van der Waals surface area contributed by atoms with Crippen LogP contribution < -0.4 is 4.90 Å². The third-order valence-corrected chi connectivity index (χ3v) is 8.67. The fraction of sp³-hybridized carbons (Fsp3) is 0.217. The highest BCUT2D eigenvalue weighted by molar-refractivity contribution is 5.83. The number of aryl methyl sites for hydroxylation is 1. The zero-order valence-electron chi connectivity index (χ0n) is 28.8. The summed E-state index contributed by atoms with van der Waals surface area (Å²) in [4.78, 5) is 2.37. The molecule has 1 nitrogen and oxygen atoms in total. The van der Waals surface area contributed by atoms with Gasteiger partial charge < -0.3 is 4.90 Å². The normalized spacial score (nSPS) is 14.8. The molecule has 0 saturated carbocycles. The molecule has 0 N–H and O–H groups in total. The van der Waals surface area contributed by atoms with Gasteiger partial charge in [-0.2, -0.15) is 0 Å². The molecule has 4 rings (SSSR count). The van der Waals surface area contributed by atoms with Crippen LogP contribution >= 0.6 is 0 Å². The molecule has 0 radical (unpaired) electrons. The lowest BCUT2D eigenvalue weighted by atomic mass is 9.91. The zero-order valence-corrected chi connectivity index (χ0v) is 28.8. The van der Waals surface area contributed by atoms with Crippen molar-refractivity contribution in [3.05, 3.63) is 191 Å². The molecule has 0 aromatic heterocycles.